The van der Waals surface area contributed by atoms with Crippen LogP contribution in [-0.2, 0) is 4.74 Å². The first-order valence-electron chi connectivity index (χ1n) is 5.20. The van der Waals surface area contributed by atoms with Gasteiger partial charge in [0.1, 0.15) is 11.3 Å². The van der Waals surface area contributed by atoms with Crippen LogP contribution in [0.3, 0.4) is 0 Å². The quantitative estimate of drug-likeness (QED) is 0.351. The Balaban J connectivity index is 2.78. The summed E-state index contributed by atoms with van der Waals surface area (Å²) in [4.78, 5) is 11.8. The third-order valence-electron chi connectivity index (χ3n) is 2.12. The average molecular weight is 350 g/mol. The Labute approximate surface area is 112 Å². The first-order valence-corrected chi connectivity index (χ1v) is 7.69. The van der Waals surface area contributed by atoms with Gasteiger partial charge < -0.3 is 9.47 Å². The maximum Gasteiger partial charge on any atom is 0.341 e. The molecule has 88 valence electrons. The molecule has 0 N–H and O–H groups in total. The summed E-state index contributed by atoms with van der Waals surface area (Å²) in [5.41, 5.74) is 0.503. The van der Waals surface area contributed by atoms with Crippen LogP contribution in [0, 0.1) is 3.57 Å². The largest absolute Gasteiger partial charge is 0.495 e. The van der Waals surface area contributed by atoms with E-state index in [1.807, 2.05) is 12.1 Å². The molecule has 0 fully saturated rings. The van der Waals surface area contributed by atoms with Crippen LogP contribution in [-0.4, -0.2) is 29.9 Å². The van der Waals surface area contributed by atoms with Gasteiger partial charge in [-0.05, 0) is 41.1 Å². The van der Waals surface area contributed by atoms with Crippen molar-refractivity contribution in [1.29, 1.82) is 0 Å². The number of rotatable bonds is 5. The standard InChI is InChI=1S/C11H15IO3Si/c1-14-10-8(4-2-5-9(10)12)11(13)15-6-3-7-16/h2,4-5H,3,6-7H2,1,16H3. The minimum atomic E-state index is -0.300. The highest BCUT2D eigenvalue weighted by molar-refractivity contribution is 14.1. The fraction of sp³-hybridized carbons (Fsp3) is 0.364. The van der Waals surface area contributed by atoms with Crippen LogP contribution in [0.1, 0.15) is 16.8 Å². The summed E-state index contributed by atoms with van der Waals surface area (Å²) in [6.07, 6.45) is 0.949. The van der Waals surface area contributed by atoms with E-state index >= 15 is 0 Å². The van der Waals surface area contributed by atoms with Gasteiger partial charge in [0.15, 0.2) is 0 Å². The van der Waals surface area contributed by atoms with Gasteiger partial charge in [0, 0.05) is 10.2 Å². The molecule has 0 saturated heterocycles. The molecule has 0 aliphatic rings. The number of halogens is 1. The van der Waals surface area contributed by atoms with E-state index in [4.69, 9.17) is 9.47 Å². The number of hydrogen-bond acceptors (Lipinski definition) is 3. The number of esters is 1. The molecule has 0 radical (unpaired) electrons. The lowest BCUT2D eigenvalue weighted by atomic mass is 10.2. The van der Waals surface area contributed by atoms with Crippen LogP contribution < -0.4 is 4.74 Å². The summed E-state index contributed by atoms with van der Waals surface area (Å²) in [6, 6.07) is 6.60. The molecule has 0 spiro atoms. The van der Waals surface area contributed by atoms with Crippen LogP contribution in [0.4, 0.5) is 0 Å². The molecule has 1 aromatic rings. The van der Waals surface area contributed by atoms with Crippen LogP contribution in [0.2, 0.25) is 6.04 Å². The number of carbonyl (C=O) groups excluding carboxylic acids is 1. The molecule has 0 amide bonds. The molecule has 3 nitrogen and oxygen atoms in total. The van der Waals surface area contributed by atoms with Crippen molar-refractivity contribution in [1.82, 2.24) is 0 Å². The first kappa shape index (κ1) is 13.5. The van der Waals surface area contributed by atoms with E-state index in [1.54, 1.807) is 13.2 Å². The van der Waals surface area contributed by atoms with E-state index in [1.165, 1.54) is 0 Å². The fourth-order valence-corrected chi connectivity index (χ4v) is 2.27. The molecule has 0 saturated carbocycles. The number of carbonyl (C=O) groups is 1. The lowest BCUT2D eigenvalue weighted by Crippen LogP contribution is -2.08. The Morgan fingerprint density at radius 3 is 2.88 bits per heavy atom. The van der Waals surface area contributed by atoms with Crippen molar-refractivity contribution in [3.8, 4) is 5.75 Å². The van der Waals surface area contributed by atoms with Gasteiger partial charge in [-0.3, -0.25) is 0 Å². The minimum absolute atomic E-state index is 0.300. The Bertz CT molecular complexity index is 368. The predicted octanol–water partition coefficient (Wildman–Crippen LogP) is 1.63. The molecule has 0 aliphatic carbocycles. The van der Waals surface area contributed by atoms with Crippen molar-refractivity contribution in [2.75, 3.05) is 13.7 Å². The second-order valence-corrected chi connectivity index (χ2v) is 5.47. The summed E-state index contributed by atoms with van der Waals surface area (Å²) in [5.74, 6) is 0.296. The van der Waals surface area contributed by atoms with Gasteiger partial charge >= 0.3 is 5.97 Å². The lowest BCUT2D eigenvalue weighted by molar-refractivity contribution is 0.0501. The predicted molar refractivity (Wildman–Crippen MR) is 75.4 cm³/mol. The van der Waals surface area contributed by atoms with Gasteiger partial charge in [-0.15, -0.1) is 0 Å². The zero-order chi connectivity index (χ0) is 12.0. The molecule has 0 aromatic heterocycles. The molecule has 16 heavy (non-hydrogen) atoms. The van der Waals surface area contributed by atoms with Crippen molar-refractivity contribution in [2.24, 2.45) is 0 Å². The van der Waals surface area contributed by atoms with E-state index in [9.17, 15) is 4.79 Å². The number of para-hydroxylation sites is 1. The molecule has 0 unspecified atom stereocenters. The summed E-state index contributed by atoms with van der Waals surface area (Å²) in [7, 11) is 2.71. The van der Waals surface area contributed by atoms with Crippen LogP contribution in [0.25, 0.3) is 0 Å². The number of benzene rings is 1. The van der Waals surface area contributed by atoms with Crippen molar-refractivity contribution in [3.05, 3.63) is 27.3 Å². The number of methoxy groups -OCH3 is 1. The molecule has 0 atom stereocenters. The summed E-state index contributed by atoms with van der Waals surface area (Å²) in [6.45, 7) is 0.497. The molecule has 0 aliphatic heterocycles. The minimum Gasteiger partial charge on any atom is -0.495 e. The Hall–Kier alpha value is -0.563. The normalized spacial score (nSPS) is 10.1. The highest BCUT2D eigenvalue weighted by Crippen LogP contribution is 2.25. The van der Waals surface area contributed by atoms with Gasteiger partial charge in [-0.25, -0.2) is 4.79 Å². The summed E-state index contributed by atoms with van der Waals surface area (Å²) in [5, 5.41) is 0. The Kier molecular flexibility index (Phi) is 5.82. The van der Waals surface area contributed by atoms with E-state index in [2.05, 4.69) is 22.6 Å². The van der Waals surface area contributed by atoms with Crippen LogP contribution in [0.5, 0.6) is 5.75 Å². The number of ether oxygens (including phenoxy) is 2. The molecule has 1 aromatic carbocycles. The van der Waals surface area contributed by atoms with Gasteiger partial charge in [-0.2, -0.15) is 0 Å². The average Bonchev–Trinajstić information content (AvgIpc) is 2.29. The summed E-state index contributed by atoms with van der Waals surface area (Å²) >= 11 is 2.14. The van der Waals surface area contributed by atoms with E-state index in [-0.39, 0.29) is 5.97 Å². The van der Waals surface area contributed by atoms with Gasteiger partial charge in [0.2, 0.25) is 0 Å². The third kappa shape index (κ3) is 3.48. The monoisotopic (exact) mass is 350 g/mol. The van der Waals surface area contributed by atoms with Crippen molar-refractivity contribution >= 4 is 38.8 Å². The zero-order valence-electron chi connectivity index (χ0n) is 9.46. The Morgan fingerprint density at radius 1 is 1.50 bits per heavy atom. The lowest BCUT2D eigenvalue weighted by Gasteiger charge is -2.09. The van der Waals surface area contributed by atoms with Crippen molar-refractivity contribution in [3.63, 3.8) is 0 Å². The Morgan fingerprint density at radius 2 is 2.25 bits per heavy atom. The van der Waals surface area contributed by atoms with Crippen LogP contribution >= 0.6 is 22.6 Å². The maximum absolute atomic E-state index is 11.8. The van der Waals surface area contributed by atoms with E-state index < -0.39 is 0 Å². The molecule has 5 heteroatoms. The smallest absolute Gasteiger partial charge is 0.341 e. The second-order valence-electron chi connectivity index (χ2n) is 3.31. The van der Waals surface area contributed by atoms with Gasteiger partial charge in [0.05, 0.1) is 17.3 Å². The molecular formula is C11H15IO3Si. The van der Waals surface area contributed by atoms with Gasteiger partial charge in [0.25, 0.3) is 0 Å². The van der Waals surface area contributed by atoms with Crippen LogP contribution in [0.15, 0.2) is 18.2 Å². The van der Waals surface area contributed by atoms with Gasteiger partial charge in [-0.1, -0.05) is 12.1 Å². The zero-order valence-corrected chi connectivity index (χ0v) is 13.6. The topological polar surface area (TPSA) is 35.5 Å². The highest BCUT2D eigenvalue weighted by atomic mass is 127. The fourth-order valence-electron chi connectivity index (χ4n) is 1.26. The highest BCUT2D eigenvalue weighted by Gasteiger charge is 2.15. The summed E-state index contributed by atoms with van der Waals surface area (Å²) < 4.78 is 11.3. The molecular weight excluding hydrogens is 335 g/mol. The SMILES string of the molecule is COc1c(I)cccc1C(=O)OCCC[SiH3]. The maximum atomic E-state index is 11.8. The molecule has 0 heterocycles. The van der Waals surface area contributed by atoms with Crippen molar-refractivity contribution in [2.45, 2.75) is 12.5 Å². The van der Waals surface area contributed by atoms with E-state index in [0.29, 0.717) is 17.9 Å². The van der Waals surface area contributed by atoms with E-state index in [0.717, 1.165) is 26.3 Å². The third-order valence-corrected chi connectivity index (χ3v) is 3.68. The molecule has 1 rings (SSSR count). The molecule has 0 bridgehead atoms. The number of hydrogen-bond donors (Lipinski definition) is 0. The second kappa shape index (κ2) is 6.90. The first-order chi connectivity index (χ1) is 7.70. The van der Waals surface area contributed by atoms with Crippen molar-refractivity contribution < 1.29 is 14.3 Å².